The van der Waals surface area contributed by atoms with Crippen molar-refractivity contribution in [1.82, 2.24) is 0 Å². The van der Waals surface area contributed by atoms with Crippen molar-refractivity contribution in [2.24, 2.45) is 11.3 Å². The molecule has 1 fully saturated rings. The molecule has 2 unspecified atom stereocenters. The van der Waals surface area contributed by atoms with E-state index in [2.05, 4.69) is 0 Å². The Balaban J connectivity index is 2.32. The largest absolute Gasteiger partial charge is 0.465 e. The van der Waals surface area contributed by atoms with Crippen molar-refractivity contribution in [1.29, 1.82) is 0 Å². The molecular weight excluding hydrogens is 228 g/mol. The third kappa shape index (κ3) is 1.84. The molecule has 3 heteroatoms. The van der Waals surface area contributed by atoms with Crippen molar-refractivity contribution in [3.63, 3.8) is 0 Å². The lowest BCUT2D eigenvalue weighted by atomic mass is 9.57. The first-order valence-electron chi connectivity index (χ1n) is 6.40. The van der Waals surface area contributed by atoms with E-state index in [4.69, 9.17) is 4.74 Å². The quantitative estimate of drug-likeness (QED) is 0.466. The highest BCUT2D eigenvalue weighted by molar-refractivity contribution is 6.13. The number of hydrogen-bond donors (Lipinski definition) is 0. The van der Waals surface area contributed by atoms with Crippen LogP contribution in [0.1, 0.15) is 37.0 Å². The number of esters is 1. The second kappa shape index (κ2) is 4.92. The minimum absolute atomic E-state index is 0.0595. The normalized spacial score (nSPS) is 26.2. The average Bonchev–Trinajstić information content (AvgIpc) is 2.38. The van der Waals surface area contributed by atoms with Gasteiger partial charge in [-0.25, -0.2) is 0 Å². The number of ether oxygens (including phenoxy) is 1. The standard InChI is InChI=1S/C15H18O3/c1-3-18-14(17)15(10-9-11(15)2)13(16)12-7-5-4-6-8-12/h4-8,11H,3,9-10H2,1-2H3. The number of carbonyl (C=O) groups excluding carboxylic acids is 2. The van der Waals surface area contributed by atoms with E-state index in [1.54, 1.807) is 19.1 Å². The maximum atomic E-state index is 12.6. The molecule has 2 atom stereocenters. The predicted molar refractivity (Wildman–Crippen MR) is 68.2 cm³/mol. The highest BCUT2D eigenvalue weighted by Gasteiger charge is 2.57. The van der Waals surface area contributed by atoms with Crippen LogP contribution in [-0.4, -0.2) is 18.4 Å². The molecule has 96 valence electrons. The van der Waals surface area contributed by atoms with Gasteiger partial charge in [0, 0.05) is 5.56 Å². The Morgan fingerprint density at radius 3 is 2.44 bits per heavy atom. The van der Waals surface area contributed by atoms with Gasteiger partial charge in [-0.3, -0.25) is 9.59 Å². The molecular formula is C15H18O3. The van der Waals surface area contributed by atoms with Gasteiger partial charge in [0.2, 0.25) is 0 Å². The number of hydrogen-bond acceptors (Lipinski definition) is 3. The summed E-state index contributed by atoms with van der Waals surface area (Å²) in [6.07, 6.45) is 1.50. The third-order valence-electron chi connectivity index (χ3n) is 3.89. The lowest BCUT2D eigenvalue weighted by Gasteiger charge is -2.44. The Labute approximate surface area is 107 Å². The predicted octanol–water partition coefficient (Wildman–Crippen LogP) is 2.85. The fourth-order valence-electron chi connectivity index (χ4n) is 2.56. The van der Waals surface area contributed by atoms with E-state index >= 15 is 0 Å². The fraction of sp³-hybridized carbons (Fsp3) is 0.467. The molecule has 0 aromatic heterocycles. The van der Waals surface area contributed by atoms with Gasteiger partial charge in [0.1, 0.15) is 5.41 Å². The van der Waals surface area contributed by atoms with Gasteiger partial charge in [-0.05, 0) is 25.7 Å². The molecule has 1 saturated carbocycles. The first-order valence-corrected chi connectivity index (χ1v) is 6.40. The number of rotatable bonds is 4. The van der Waals surface area contributed by atoms with Gasteiger partial charge in [0.25, 0.3) is 0 Å². The molecule has 1 aliphatic rings. The molecule has 1 aliphatic carbocycles. The molecule has 18 heavy (non-hydrogen) atoms. The zero-order chi connectivity index (χ0) is 13.2. The first-order chi connectivity index (χ1) is 8.63. The van der Waals surface area contributed by atoms with Crippen LogP contribution < -0.4 is 0 Å². The molecule has 0 bridgehead atoms. The summed E-state index contributed by atoms with van der Waals surface area (Å²) in [5, 5.41) is 0. The highest BCUT2D eigenvalue weighted by atomic mass is 16.5. The summed E-state index contributed by atoms with van der Waals surface area (Å²) in [6.45, 7) is 4.03. The van der Waals surface area contributed by atoms with E-state index in [1.807, 2.05) is 25.1 Å². The van der Waals surface area contributed by atoms with Crippen LogP contribution in [0.2, 0.25) is 0 Å². The Bertz CT molecular complexity index is 452. The second-order valence-corrected chi connectivity index (χ2v) is 4.83. The van der Waals surface area contributed by atoms with Crippen LogP contribution >= 0.6 is 0 Å². The molecule has 0 amide bonds. The summed E-state index contributed by atoms with van der Waals surface area (Å²) in [5.74, 6) is -0.401. The monoisotopic (exact) mass is 246 g/mol. The van der Waals surface area contributed by atoms with Crippen molar-refractivity contribution >= 4 is 11.8 Å². The molecule has 1 aromatic carbocycles. The minimum atomic E-state index is -0.947. The molecule has 0 aliphatic heterocycles. The van der Waals surface area contributed by atoms with E-state index in [0.717, 1.165) is 6.42 Å². The summed E-state index contributed by atoms with van der Waals surface area (Å²) >= 11 is 0. The summed E-state index contributed by atoms with van der Waals surface area (Å²) < 4.78 is 5.10. The van der Waals surface area contributed by atoms with Crippen LogP contribution in [0.3, 0.4) is 0 Å². The minimum Gasteiger partial charge on any atom is -0.465 e. The first kappa shape index (κ1) is 12.8. The lowest BCUT2D eigenvalue weighted by Crippen LogP contribution is -2.52. The molecule has 0 heterocycles. The van der Waals surface area contributed by atoms with Crippen molar-refractivity contribution < 1.29 is 14.3 Å². The van der Waals surface area contributed by atoms with Gasteiger partial charge in [0.15, 0.2) is 5.78 Å². The number of carbonyl (C=O) groups is 2. The molecule has 3 nitrogen and oxygen atoms in total. The van der Waals surface area contributed by atoms with Crippen LogP contribution in [0.15, 0.2) is 30.3 Å². The van der Waals surface area contributed by atoms with Gasteiger partial charge in [0.05, 0.1) is 6.61 Å². The summed E-state index contributed by atoms with van der Waals surface area (Å²) in [5.41, 5.74) is -0.353. The van der Waals surface area contributed by atoms with Crippen molar-refractivity contribution in [2.45, 2.75) is 26.7 Å². The van der Waals surface area contributed by atoms with Gasteiger partial charge in [-0.1, -0.05) is 37.3 Å². The Hall–Kier alpha value is -1.64. The van der Waals surface area contributed by atoms with Gasteiger partial charge in [-0.15, -0.1) is 0 Å². The molecule has 0 spiro atoms. The molecule has 1 aromatic rings. The lowest BCUT2D eigenvalue weighted by molar-refractivity contribution is -0.161. The van der Waals surface area contributed by atoms with Crippen LogP contribution in [0, 0.1) is 11.3 Å². The Kier molecular flexibility index (Phi) is 3.50. The van der Waals surface area contributed by atoms with Crippen molar-refractivity contribution in [2.75, 3.05) is 6.61 Å². The zero-order valence-corrected chi connectivity index (χ0v) is 10.8. The highest BCUT2D eigenvalue weighted by Crippen LogP contribution is 2.49. The van der Waals surface area contributed by atoms with E-state index in [1.165, 1.54) is 0 Å². The van der Waals surface area contributed by atoms with Crippen LogP contribution in [-0.2, 0) is 9.53 Å². The Morgan fingerprint density at radius 1 is 1.33 bits per heavy atom. The Morgan fingerprint density at radius 2 is 2.00 bits per heavy atom. The maximum Gasteiger partial charge on any atom is 0.320 e. The van der Waals surface area contributed by atoms with Gasteiger partial charge in [-0.2, -0.15) is 0 Å². The molecule has 2 rings (SSSR count). The van der Waals surface area contributed by atoms with E-state index in [-0.39, 0.29) is 17.7 Å². The number of benzene rings is 1. The molecule has 0 N–H and O–H groups in total. The smallest absolute Gasteiger partial charge is 0.320 e. The average molecular weight is 246 g/mol. The van der Waals surface area contributed by atoms with E-state index < -0.39 is 5.41 Å². The van der Waals surface area contributed by atoms with Gasteiger partial charge >= 0.3 is 5.97 Å². The van der Waals surface area contributed by atoms with Crippen LogP contribution in [0.4, 0.5) is 0 Å². The maximum absolute atomic E-state index is 12.6. The fourth-order valence-corrected chi connectivity index (χ4v) is 2.56. The second-order valence-electron chi connectivity index (χ2n) is 4.83. The van der Waals surface area contributed by atoms with Crippen molar-refractivity contribution in [3.05, 3.63) is 35.9 Å². The van der Waals surface area contributed by atoms with Crippen LogP contribution in [0.25, 0.3) is 0 Å². The van der Waals surface area contributed by atoms with Crippen LogP contribution in [0.5, 0.6) is 0 Å². The summed E-state index contributed by atoms with van der Waals surface area (Å²) in [4.78, 5) is 24.7. The van der Waals surface area contributed by atoms with Gasteiger partial charge < -0.3 is 4.74 Å². The number of ketones is 1. The molecule has 0 saturated heterocycles. The number of Topliss-reactive ketones (excluding diaryl/α,β-unsaturated/α-hetero) is 1. The van der Waals surface area contributed by atoms with E-state index in [9.17, 15) is 9.59 Å². The topological polar surface area (TPSA) is 43.4 Å². The summed E-state index contributed by atoms with van der Waals surface area (Å²) in [6, 6.07) is 9.01. The van der Waals surface area contributed by atoms with Crippen molar-refractivity contribution in [3.8, 4) is 0 Å². The van der Waals surface area contributed by atoms with E-state index in [0.29, 0.717) is 18.6 Å². The zero-order valence-electron chi connectivity index (χ0n) is 10.8. The third-order valence-corrected chi connectivity index (χ3v) is 3.89. The SMILES string of the molecule is CCOC(=O)C1(C(=O)c2ccccc2)CCC1C. The summed E-state index contributed by atoms with van der Waals surface area (Å²) in [7, 11) is 0. The molecule has 0 radical (unpaired) electrons.